The van der Waals surface area contributed by atoms with E-state index in [1.165, 1.54) is 0 Å². The first kappa shape index (κ1) is 14.1. The Bertz CT molecular complexity index is 420. The Balaban J connectivity index is 2.09. The van der Waals surface area contributed by atoms with E-state index in [1.54, 1.807) is 0 Å². The molecule has 104 valence electrons. The Morgan fingerprint density at radius 3 is 2.37 bits per heavy atom. The second kappa shape index (κ2) is 5.74. The number of benzene rings is 1. The van der Waals surface area contributed by atoms with Gasteiger partial charge in [-0.05, 0) is 36.7 Å². The third-order valence-electron chi connectivity index (χ3n) is 4.08. The highest BCUT2D eigenvalue weighted by Crippen LogP contribution is 2.36. The largest absolute Gasteiger partial charge is 0.480 e. The summed E-state index contributed by atoms with van der Waals surface area (Å²) in [5, 5.41) is 13.0. The Kier molecular flexibility index (Phi) is 4.25. The van der Waals surface area contributed by atoms with Crippen molar-refractivity contribution in [1.29, 1.82) is 0 Å². The van der Waals surface area contributed by atoms with Crippen LogP contribution < -0.4 is 5.32 Å². The van der Waals surface area contributed by atoms with Crippen LogP contribution in [-0.2, 0) is 11.3 Å². The summed E-state index contributed by atoms with van der Waals surface area (Å²) in [6.45, 7) is 4.92. The lowest BCUT2D eigenvalue weighted by Crippen LogP contribution is -2.55. The van der Waals surface area contributed by atoms with Gasteiger partial charge in [0.2, 0.25) is 0 Å². The molecule has 19 heavy (non-hydrogen) atoms. The number of nitrogens with one attached hydrogen (secondary N) is 1. The molecular formula is C16H23NO2. The number of aliphatic carboxylic acids is 1. The van der Waals surface area contributed by atoms with Gasteiger partial charge in [-0.15, -0.1) is 0 Å². The average molecular weight is 261 g/mol. The van der Waals surface area contributed by atoms with Gasteiger partial charge in [-0.3, -0.25) is 10.1 Å². The third kappa shape index (κ3) is 3.35. The predicted octanol–water partition coefficient (Wildman–Crippen LogP) is 3.06. The van der Waals surface area contributed by atoms with E-state index in [0.29, 0.717) is 18.4 Å². The minimum atomic E-state index is -0.757. The molecule has 1 aliphatic carbocycles. The Hall–Kier alpha value is -1.35. The van der Waals surface area contributed by atoms with Gasteiger partial charge < -0.3 is 5.11 Å². The van der Waals surface area contributed by atoms with Crippen molar-refractivity contribution in [3.05, 3.63) is 35.9 Å². The quantitative estimate of drug-likeness (QED) is 0.875. The van der Waals surface area contributed by atoms with Crippen molar-refractivity contribution in [3.63, 3.8) is 0 Å². The van der Waals surface area contributed by atoms with Gasteiger partial charge >= 0.3 is 5.97 Å². The fraction of sp³-hybridized carbons (Fsp3) is 0.562. The van der Waals surface area contributed by atoms with Crippen LogP contribution in [-0.4, -0.2) is 16.6 Å². The summed E-state index contributed by atoms with van der Waals surface area (Å²) in [5.41, 5.74) is 0.376. The third-order valence-corrected chi connectivity index (χ3v) is 4.08. The first-order chi connectivity index (χ1) is 9.02. The fourth-order valence-corrected chi connectivity index (χ4v) is 3.39. The topological polar surface area (TPSA) is 49.3 Å². The number of rotatable bonds is 4. The lowest BCUT2D eigenvalue weighted by molar-refractivity contribution is -0.148. The van der Waals surface area contributed by atoms with E-state index in [1.807, 2.05) is 30.3 Å². The van der Waals surface area contributed by atoms with Gasteiger partial charge in [0.25, 0.3) is 0 Å². The number of hydrogen-bond acceptors (Lipinski definition) is 2. The molecule has 2 N–H and O–H groups in total. The van der Waals surface area contributed by atoms with Gasteiger partial charge in [-0.1, -0.05) is 44.2 Å². The highest BCUT2D eigenvalue weighted by Gasteiger charge is 2.43. The smallest absolute Gasteiger partial charge is 0.323 e. The Morgan fingerprint density at radius 1 is 1.26 bits per heavy atom. The van der Waals surface area contributed by atoms with Crippen LogP contribution in [0, 0.1) is 11.8 Å². The van der Waals surface area contributed by atoms with Gasteiger partial charge in [0.05, 0.1) is 0 Å². The summed E-state index contributed by atoms with van der Waals surface area (Å²) >= 11 is 0. The van der Waals surface area contributed by atoms with Crippen LogP contribution in [0.4, 0.5) is 0 Å². The van der Waals surface area contributed by atoms with Crippen LogP contribution in [0.15, 0.2) is 30.3 Å². The van der Waals surface area contributed by atoms with Crippen molar-refractivity contribution >= 4 is 5.97 Å². The number of hydrogen-bond donors (Lipinski definition) is 2. The molecular weight excluding hydrogens is 238 g/mol. The SMILES string of the molecule is CC1CC(C)CC(NCc2ccccc2)(C(=O)O)C1. The van der Waals surface area contributed by atoms with Crippen LogP contribution in [0.25, 0.3) is 0 Å². The molecule has 0 aliphatic heterocycles. The molecule has 2 rings (SSSR count). The van der Waals surface area contributed by atoms with Gasteiger partial charge in [-0.2, -0.15) is 0 Å². The highest BCUT2D eigenvalue weighted by atomic mass is 16.4. The minimum absolute atomic E-state index is 0.461. The molecule has 2 unspecified atom stereocenters. The van der Waals surface area contributed by atoms with Crippen LogP contribution in [0.2, 0.25) is 0 Å². The lowest BCUT2D eigenvalue weighted by atomic mass is 9.71. The van der Waals surface area contributed by atoms with E-state index in [0.717, 1.165) is 24.8 Å². The van der Waals surface area contributed by atoms with E-state index < -0.39 is 11.5 Å². The standard InChI is InChI=1S/C16H23NO2/c1-12-8-13(2)10-16(9-12,15(18)19)17-11-14-6-4-3-5-7-14/h3-7,12-13,17H,8-11H2,1-2H3,(H,18,19). The first-order valence-electron chi connectivity index (χ1n) is 7.04. The molecule has 0 heterocycles. The zero-order chi connectivity index (χ0) is 13.9. The minimum Gasteiger partial charge on any atom is -0.480 e. The molecule has 0 bridgehead atoms. The summed E-state index contributed by atoms with van der Waals surface area (Å²) in [7, 11) is 0. The van der Waals surface area contributed by atoms with E-state index in [-0.39, 0.29) is 0 Å². The maximum Gasteiger partial charge on any atom is 0.323 e. The van der Waals surface area contributed by atoms with Gasteiger partial charge in [-0.25, -0.2) is 0 Å². The maximum atomic E-state index is 11.7. The van der Waals surface area contributed by atoms with Gasteiger partial charge in [0.1, 0.15) is 5.54 Å². The van der Waals surface area contributed by atoms with Gasteiger partial charge in [0.15, 0.2) is 0 Å². The van der Waals surface area contributed by atoms with Crippen molar-refractivity contribution in [3.8, 4) is 0 Å². The van der Waals surface area contributed by atoms with Crippen LogP contribution in [0.3, 0.4) is 0 Å². The molecule has 1 aromatic carbocycles. The predicted molar refractivity (Wildman–Crippen MR) is 75.8 cm³/mol. The van der Waals surface area contributed by atoms with Crippen molar-refractivity contribution in [2.45, 2.75) is 45.2 Å². The second-order valence-corrected chi connectivity index (χ2v) is 6.08. The highest BCUT2D eigenvalue weighted by molar-refractivity contribution is 5.79. The average Bonchev–Trinajstić information content (AvgIpc) is 2.36. The molecule has 2 atom stereocenters. The zero-order valence-electron chi connectivity index (χ0n) is 11.7. The summed E-state index contributed by atoms with van der Waals surface area (Å²) in [5.74, 6) is 0.216. The van der Waals surface area contributed by atoms with Crippen LogP contribution >= 0.6 is 0 Å². The molecule has 1 aliphatic rings. The van der Waals surface area contributed by atoms with Crippen molar-refractivity contribution in [1.82, 2.24) is 5.32 Å². The normalized spacial score (nSPS) is 31.1. The second-order valence-electron chi connectivity index (χ2n) is 6.08. The monoisotopic (exact) mass is 261 g/mol. The summed E-state index contributed by atoms with van der Waals surface area (Å²) in [6, 6.07) is 9.99. The molecule has 1 saturated carbocycles. The molecule has 0 aromatic heterocycles. The number of carboxylic acid groups (broad SMARTS) is 1. The van der Waals surface area contributed by atoms with E-state index in [9.17, 15) is 9.90 Å². The molecule has 0 spiro atoms. The molecule has 3 nitrogen and oxygen atoms in total. The van der Waals surface area contributed by atoms with Crippen LogP contribution in [0.1, 0.15) is 38.7 Å². The van der Waals surface area contributed by atoms with Crippen molar-refractivity contribution in [2.75, 3.05) is 0 Å². The molecule has 0 saturated heterocycles. The molecule has 0 radical (unpaired) electrons. The number of carbonyl (C=O) groups is 1. The van der Waals surface area contributed by atoms with E-state index >= 15 is 0 Å². The van der Waals surface area contributed by atoms with Gasteiger partial charge in [0, 0.05) is 6.54 Å². The lowest BCUT2D eigenvalue weighted by Gasteiger charge is -2.40. The Morgan fingerprint density at radius 2 is 1.84 bits per heavy atom. The first-order valence-corrected chi connectivity index (χ1v) is 7.04. The molecule has 1 aromatic rings. The van der Waals surface area contributed by atoms with Crippen molar-refractivity contribution < 1.29 is 9.90 Å². The number of carboxylic acids is 1. The zero-order valence-corrected chi connectivity index (χ0v) is 11.7. The fourth-order valence-electron chi connectivity index (χ4n) is 3.39. The van der Waals surface area contributed by atoms with E-state index in [4.69, 9.17) is 0 Å². The van der Waals surface area contributed by atoms with Crippen molar-refractivity contribution in [2.24, 2.45) is 11.8 Å². The van der Waals surface area contributed by atoms with E-state index in [2.05, 4.69) is 19.2 Å². The maximum absolute atomic E-state index is 11.7. The summed E-state index contributed by atoms with van der Waals surface area (Å²) in [6.07, 6.45) is 2.57. The van der Waals surface area contributed by atoms with Crippen LogP contribution in [0.5, 0.6) is 0 Å². The Labute approximate surface area is 115 Å². The molecule has 0 amide bonds. The summed E-state index contributed by atoms with van der Waals surface area (Å²) < 4.78 is 0. The molecule has 1 fully saturated rings. The molecule has 3 heteroatoms. The summed E-state index contributed by atoms with van der Waals surface area (Å²) in [4.78, 5) is 11.7.